The second-order valence-electron chi connectivity index (χ2n) is 6.55. The summed E-state index contributed by atoms with van der Waals surface area (Å²) >= 11 is -4.28. The van der Waals surface area contributed by atoms with Gasteiger partial charge in [-0.05, 0) is 0 Å². The van der Waals surface area contributed by atoms with Crippen molar-refractivity contribution in [3.05, 3.63) is 60.7 Å². The van der Waals surface area contributed by atoms with Crippen molar-refractivity contribution in [1.29, 1.82) is 10.5 Å². The maximum absolute atomic E-state index is 12.6. The van der Waals surface area contributed by atoms with Gasteiger partial charge in [-0.2, -0.15) is 0 Å². The predicted octanol–water partition coefficient (Wildman–Crippen LogP) is 3.48. The van der Waals surface area contributed by atoms with E-state index in [1.54, 1.807) is 0 Å². The van der Waals surface area contributed by atoms with Crippen molar-refractivity contribution >= 4 is 36.6 Å². The van der Waals surface area contributed by atoms with E-state index in [9.17, 15) is 18.2 Å². The molecule has 0 amide bonds. The van der Waals surface area contributed by atoms with Crippen LogP contribution in [-0.4, -0.2) is 27.7 Å². The molecule has 0 saturated heterocycles. The van der Waals surface area contributed by atoms with Gasteiger partial charge in [0.05, 0.1) is 0 Å². The SMILES string of the molecule is N#CC[C@@H](CC[Se](=O)c1ccccc1)[C@@H](CC#N)CC[Se](=O)c1ccccc1. The van der Waals surface area contributed by atoms with Gasteiger partial charge in [0, 0.05) is 0 Å². The van der Waals surface area contributed by atoms with Gasteiger partial charge in [0.15, 0.2) is 0 Å². The van der Waals surface area contributed by atoms with Gasteiger partial charge in [-0.3, -0.25) is 0 Å². The van der Waals surface area contributed by atoms with Crippen molar-refractivity contribution in [2.75, 3.05) is 0 Å². The summed E-state index contributed by atoms with van der Waals surface area (Å²) in [5, 5.41) is 19.6. The molecule has 0 bridgehead atoms. The number of hydrogen-bond acceptors (Lipinski definition) is 4. The van der Waals surface area contributed by atoms with Crippen LogP contribution < -0.4 is 8.92 Å². The molecule has 0 aliphatic heterocycles. The molecular weight excluding hydrogens is 482 g/mol. The standard InChI is InChI=1S/C22H24N2O2Se2/c23-15-11-19(13-17-27(25)21-7-3-1-4-8-21)20(12-16-24)14-18-28(26)22-9-5-2-6-10-22/h1-10,19-20H,11-14,17-18H2/t19-,20-,27?,28?/m0/s1. The third kappa shape index (κ3) is 7.23. The molecular formula is C22H24N2O2Se2. The van der Waals surface area contributed by atoms with Crippen LogP contribution in [0.1, 0.15) is 25.7 Å². The van der Waals surface area contributed by atoms with E-state index in [-0.39, 0.29) is 11.8 Å². The quantitative estimate of drug-likeness (QED) is 0.437. The molecule has 0 aliphatic carbocycles. The minimum atomic E-state index is -2.14. The van der Waals surface area contributed by atoms with Crippen molar-refractivity contribution in [3.8, 4) is 12.1 Å². The van der Waals surface area contributed by atoms with Crippen LogP contribution in [0.3, 0.4) is 0 Å². The monoisotopic (exact) mass is 508 g/mol. The molecule has 0 saturated carbocycles. The normalized spacial score (nSPS) is 14.9. The molecule has 0 radical (unpaired) electrons. The second-order valence-corrected chi connectivity index (χ2v) is 13.1. The molecule has 0 heterocycles. The summed E-state index contributed by atoms with van der Waals surface area (Å²) in [7, 11) is 0. The van der Waals surface area contributed by atoms with E-state index in [4.69, 9.17) is 0 Å². The van der Waals surface area contributed by atoms with Crippen LogP contribution in [0.15, 0.2) is 60.7 Å². The van der Waals surface area contributed by atoms with E-state index in [1.165, 1.54) is 0 Å². The molecule has 2 unspecified atom stereocenters. The molecule has 0 aliphatic rings. The molecule has 2 aromatic carbocycles. The van der Waals surface area contributed by atoms with Gasteiger partial charge < -0.3 is 0 Å². The summed E-state index contributed by atoms with van der Waals surface area (Å²) in [6.07, 6.45) is 2.01. The maximum atomic E-state index is 12.6. The Kier molecular flexibility index (Phi) is 9.98. The molecule has 4 atom stereocenters. The Morgan fingerprint density at radius 2 is 1.04 bits per heavy atom. The summed E-state index contributed by atoms with van der Waals surface area (Å²) in [4.78, 5) is 0. The molecule has 0 fully saturated rings. The molecule has 2 rings (SSSR count). The minimum absolute atomic E-state index is 0.0168. The van der Waals surface area contributed by atoms with Crippen molar-refractivity contribution < 1.29 is 7.67 Å². The van der Waals surface area contributed by atoms with Crippen LogP contribution in [0, 0.1) is 34.5 Å². The number of nitriles is 2. The van der Waals surface area contributed by atoms with Crippen molar-refractivity contribution in [3.63, 3.8) is 0 Å². The fourth-order valence-electron chi connectivity index (χ4n) is 3.14. The van der Waals surface area contributed by atoms with Gasteiger partial charge in [-0.25, -0.2) is 0 Å². The Morgan fingerprint density at radius 1 is 0.679 bits per heavy atom. The Bertz CT molecular complexity index is 784. The molecule has 0 spiro atoms. The van der Waals surface area contributed by atoms with Gasteiger partial charge in [0.2, 0.25) is 0 Å². The molecule has 0 N–H and O–H groups in total. The third-order valence-electron chi connectivity index (χ3n) is 4.73. The molecule has 6 heteroatoms. The Morgan fingerprint density at radius 3 is 1.36 bits per heavy atom. The van der Waals surface area contributed by atoms with Crippen molar-refractivity contribution in [2.45, 2.75) is 36.3 Å². The van der Waals surface area contributed by atoms with Crippen molar-refractivity contribution in [2.24, 2.45) is 11.8 Å². The summed E-state index contributed by atoms with van der Waals surface area (Å²) in [6.45, 7) is 0. The average Bonchev–Trinajstić information content (AvgIpc) is 2.75. The van der Waals surface area contributed by atoms with Crippen LogP contribution in [0.2, 0.25) is 10.6 Å². The first-order valence-electron chi connectivity index (χ1n) is 9.26. The van der Waals surface area contributed by atoms with E-state index in [0.29, 0.717) is 36.3 Å². The first-order valence-corrected chi connectivity index (χ1v) is 14.8. The summed E-state index contributed by atoms with van der Waals surface area (Å²) in [5.74, 6) is 0.0336. The van der Waals surface area contributed by atoms with E-state index in [1.807, 2.05) is 60.7 Å². The first kappa shape index (κ1) is 22.3. The third-order valence-corrected chi connectivity index (χ3v) is 10.6. The zero-order valence-electron chi connectivity index (χ0n) is 15.7. The second kappa shape index (κ2) is 12.5. The number of hydrogen-bond donors (Lipinski definition) is 0. The number of rotatable bonds is 11. The number of nitrogens with zero attached hydrogens (tertiary/aromatic N) is 2. The van der Waals surface area contributed by atoms with Gasteiger partial charge in [-0.1, -0.05) is 0 Å². The molecule has 2 aromatic rings. The van der Waals surface area contributed by atoms with Crippen LogP contribution in [0.25, 0.3) is 0 Å². The number of benzene rings is 2. The van der Waals surface area contributed by atoms with Crippen LogP contribution >= 0.6 is 0 Å². The van der Waals surface area contributed by atoms with E-state index in [0.717, 1.165) is 8.92 Å². The van der Waals surface area contributed by atoms with Gasteiger partial charge in [0.1, 0.15) is 0 Å². The van der Waals surface area contributed by atoms with E-state index >= 15 is 0 Å². The predicted molar refractivity (Wildman–Crippen MR) is 111 cm³/mol. The zero-order valence-corrected chi connectivity index (χ0v) is 19.1. The average molecular weight is 506 g/mol. The van der Waals surface area contributed by atoms with Gasteiger partial charge in [-0.15, -0.1) is 0 Å². The zero-order chi connectivity index (χ0) is 20.2. The first-order chi connectivity index (χ1) is 13.7. The van der Waals surface area contributed by atoms with E-state index < -0.39 is 27.7 Å². The molecule has 4 nitrogen and oxygen atoms in total. The molecule has 146 valence electrons. The fourth-order valence-corrected chi connectivity index (χ4v) is 8.23. The van der Waals surface area contributed by atoms with Crippen LogP contribution in [0.4, 0.5) is 0 Å². The van der Waals surface area contributed by atoms with Crippen molar-refractivity contribution in [1.82, 2.24) is 0 Å². The molecule has 0 aromatic heterocycles. The fraction of sp³-hybridized carbons (Fsp3) is 0.364. The summed E-state index contributed by atoms with van der Waals surface area (Å²) in [5.41, 5.74) is 0. The topological polar surface area (TPSA) is 81.7 Å². The Balaban J connectivity index is 1.98. The Hall–Kier alpha value is -1.94. The summed E-state index contributed by atoms with van der Waals surface area (Å²) in [6, 6.07) is 23.3. The van der Waals surface area contributed by atoms with Crippen LogP contribution in [0.5, 0.6) is 0 Å². The van der Waals surface area contributed by atoms with E-state index in [2.05, 4.69) is 12.1 Å². The molecule has 28 heavy (non-hydrogen) atoms. The van der Waals surface area contributed by atoms with Gasteiger partial charge in [0.25, 0.3) is 0 Å². The Labute approximate surface area is 175 Å². The van der Waals surface area contributed by atoms with Gasteiger partial charge >= 0.3 is 176 Å². The summed E-state index contributed by atoms with van der Waals surface area (Å²) < 4.78 is 27.0. The van der Waals surface area contributed by atoms with Crippen LogP contribution in [-0.2, 0) is 7.67 Å².